The van der Waals surface area contributed by atoms with E-state index in [1.165, 1.54) is 37.0 Å². The maximum Gasteiger partial charge on any atom is 0.347 e. The molecule has 2 aliphatic carbocycles. The molecule has 3 rings (SSSR count). The number of aromatic nitrogens is 1. The number of rotatable bonds is 5. The number of carbonyl (C=O) groups is 1. The SMILES string of the molecule is O=C(O)c1sc(CSC2CCCC2)nc1C1CC1. The Kier molecular flexibility index (Phi) is 3.61. The summed E-state index contributed by atoms with van der Waals surface area (Å²) >= 11 is 3.35. The number of nitrogens with zero attached hydrogens (tertiary/aromatic N) is 1. The molecule has 0 saturated heterocycles. The van der Waals surface area contributed by atoms with Crippen LogP contribution in [-0.2, 0) is 5.75 Å². The van der Waals surface area contributed by atoms with Gasteiger partial charge in [0.2, 0.25) is 0 Å². The molecule has 0 spiro atoms. The highest BCUT2D eigenvalue weighted by molar-refractivity contribution is 7.99. The Morgan fingerprint density at radius 2 is 2.06 bits per heavy atom. The second-order valence-electron chi connectivity index (χ2n) is 5.12. The Balaban J connectivity index is 1.67. The zero-order chi connectivity index (χ0) is 12.5. The topological polar surface area (TPSA) is 50.2 Å². The summed E-state index contributed by atoms with van der Waals surface area (Å²) in [5.41, 5.74) is 0.856. The van der Waals surface area contributed by atoms with Gasteiger partial charge in [-0.15, -0.1) is 11.3 Å². The van der Waals surface area contributed by atoms with Crippen LogP contribution in [0.5, 0.6) is 0 Å². The monoisotopic (exact) mass is 283 g/mol. The van der Waals surface area contributed by atoms with Gasteiger partial charge in [0.15, 0.2) is 0 Å². The lowest BCUT2D eigenvalue weighted by Gasteiger charge is -2.05. The van der Waals surface area contributed by atoms with Crippen molar-refractivity contribution in [3.63, 3.8) is 0 Å². The van der Waals surface area contributed by atoms with E-state index in [2.05, 4.69) is 4.98 Å². The van der Waals surface area contributed by atoms with Crippen LogP contribution in [0.1, 0.15) is 64.8 Å². The highest BCUT2D eigenvalue weighted by Gasteiger charge is 2.32. The lowest BCUT2D eigenvalue weighted by Crippen LogP contribution is -1.97. The van der Waals surface area contributed by atoms with Gasteiger partial charge in [0.05, 0.1) is 5.69 Å². The van der Waals surface area contributed by atoms with Crippen molar-refractivity contribution in [2.75, 3.05) is 0 Å². The summed E-state index contributed by atoms with van der Waals surface area (Å²) in [4.78, 5) is 16.2. The lowest BCUT2D eigenvalue weighted by atomic mass is 10.2. The van der Waals surface area contributed by atoms with Gasteiger partial charge >= 0.3 is 5.97 Å². The molecule has 0 aliphatic heterocycles. The minimum atomic E-state index is -0.800. The Bertz CT molecular complexity index is 448. The van der Waals surface area contributed by atoms with Gasteiger partial charge in [-0.3, -0.25) is 0 Å². The fourth-order valence-electron chi connectivity index (χ4n) is 2.47. The van der Waals surface area contributed by atoms with Crippen molar-refractivity contribution in [2.24, 2.45) is 0 Å². The molecule has 0 unspecified atom stereocenters. The second kappa shape index (κ2) is 5.21. The molecular formula is C13H17NO2S2. The van der Waals surface area contributed by atoms with Gasteiger partial charge < -0.3 is 5.11 Å². The van der Waals surface area contributed by atoms with Gasteiger partial charge in [-0.1, -0.05) is 12.8 Å². The van der Waals surface area contributed by atoms with Crippen molar-refractivity contribution >= 4 is 29.1 Å². The fourth-order valence-corrected chi connectivity index (χ4v) is 4.80. The van der Waals surface area contributed by atoms with E-state index in [0.717, 1.165) is 34.5 Å². The van der Waals surface area contributed by atoms with E-state index in [1.54, 1.807) is 0 Å². The predicted octanol–water partition coefficient (Wildman–Crippen LogP) is 3.89. The maximum absolute atomic E-state index is 11.2. The third-order valence-corrected chi connectivity index (χ3v) is 6.23. The quantitative estimate of drug-likeness (QED) is 0.890. The molecule has 0 aromatic carbocycles. The van der Waals surface area contributed by atoms with E-state index in [-0.39, 0.29) is 0 Å². The summed E-state index contributed by atoms with van der Waals surface area (Å²) in [5.74, 6) is 0.520. The summed E-state index contributed by atoms with van der Waals surface area (Å²) in [6, 6.07) is 0. The van der Waals surface area contributed by atoms with E-state index < -0.39 is 5.97 Å². The molecule has 1 heterocycles. The number of thiazole rings is 1. The van der Waals surface area contributed by atoms with Crippen LogP contribution in [0.25, 0.3) is 0 Å². The van der Waals surface area contributed by atoms with E-state index in [9.17, 15) is 9.90 Å². The van der Waals surface area contributed by atoms with Crippen LogP contribution < -0.4 is 0 Å². The average Bonchev–Trinajstić information content (AvgIpc) is 2.91. The van der Waals surface area contributed by atoms with Crippen LogP contribution in [0.2, 0.25) is 0 Å². The van der Waals surface area contributed by atoms with Gasteiger partial charge in [0.25, 0.3) is 0 Å². The minimum absolute atomic E-state index is 0.428. The smallest absolute Gasteiger partial charge is 0.347 e. The van der Waals surface area contributed by atoms with Crippen molar-refractivity contribution in [2.45, 2.75) is 55.4 Å². The van der Waals surface area contributed by atoms with Crippen LogP contribution in [0, 0.1) is 0 Å². The molecule has 1 N–H and O–H groups in total. The van der Waals surface area contributed by atoms with Crippen molar-refractivity contribution in [1.82, 2.24) is 4.98 Å². The molecule has 2 fully saturated rings. The molecule has 1 aromatic heterocycles. The van der Waals surface area contributed by atoms with Gasteiger partial charge in [0, 0.05) is 16.9 Å². The standard InChI is InChI=1S/C13H17NO2S2/c15-13(16)12-11(8-5-6-8)14-10(18-12)7-17-9-3-1-2-4-9/h8-9H,1-7H2,(H,15,16). The first kappa shape index (κ1) is 12.5. The number of hydrogen-bond donors (Lipinski definition) is 1. The molecule has 5 heteroatoms. The van der Waals surface area contributed by atoms with Gasteiger partial charge in [0.1, 0.15) is 9.88 Å². The van der Waals surface area contributed by atoms with Crippen molar-refractivity contribution in [1.29, 1.82) is 0 Å². The fraction of sp³-hybridized carbons (Fsp3) is 0.692. The molecule has 0 bridgehead atoms. The third-order valence-electron chi connectivity index (χ3n) is 3.60. The van der Waals surface area contributed by atoms with Crippen LogP contribution in [0.15, 0.2) is 0 Å². The van der Waals surface area contributed by atoms with E-state index in [0.29, 0.717) is 10.8 Å². The summed E-state index contributed by atoms with van der Waals surface area (Å²) in [7, 11) is 0. The zero-order valence-corrected chi connectivity index (χ0v) is 11.9. The van der Waals surface area contributed by atoms with Gasteiger partial charge in [-0.05, 0) is 25.7 Å². The first-order valence-electron chi connectivity index (χ1n) is 6.58. The first-order valence-corrected chi connectivity index (χ1v) is 8.45. The maximum atomic E-state index is 11.2. The molecule has 0 atom stereocenters. The minimum Gasteiger partial charge on any atom is -0.477 e. The zero-order valence-electron chi connectivity index (χ0n) is 10.2. The molecule has 1 aromatic rings. The molecule has 98 valence electrons. The highest BCUT2D eigenvalue weighted by atomic mass is 32.2. The van der Waals surface area contributed by atoms with Crippen molar-refractivity contribution < 1.29 is 9.90 Å². The molecule has 0 amide bonds. The Morgan fingerprint density at radius 3 is 2.67 bits per heavy atom. The molecule has 18 heavy (non-hydrogen) atoms. The number of carboxylic acids is 1. The van der Waals surface area contributed by atoms with Crippen LogP contribution in [-0.4, -0.2) is 21.3 Å². The Labute approximate surface area is 115 Å². The molecule has 2 saturated carbocycles. The van der Waals surface area contributed by atoms with Crippen LogP contribution >= 0.6 is 23.1 Å². The first-order chi connectivity index (χ1) is 8.74. The lowest BCUT2D eigenvalue weighted by molar-refractivity contribution is 0.0700. The predicted molar refractivity (Wildman–Crippen MR) is 74.6 cm³/mol. The number of hydrogen-bond acceptors (Lipinski definition) is 4. The normalized spacial score (nSPS) is 20.4. The summed E-state index contributed by atoms with van der Waals surface area (Å²) in [6.07, 6.45) is 7.56. The Morgan fingerprint density at radius 1 is 1.33 bits per heavy atom. The molecule has 2 aliphatic rings. The van der Waals surface area contributed by atoms with E-state index in [1.807, 2.05) is 11.8 Å². The van der Waals surface area contributed by atoms with Crippen LogP contribution in [0.3, 0.4) is 0 Å². The average molecular weight is 283 g/mol. The molecular weight excluding hydrogens is 266 g/mol. The second-order valence-corrected chi connectivity index (χ2v) is 7.49. The summed E-state index contributed by atoms with van der Waals surface area (Å²) in [6.45, 7) is 0. The van der Waals surface area contributed by atoms with E-state index >= 15 is 0 Å². The summed E-state index contributed by atoms with van der Waals surface area (Å²) < 4.78 is 0. The van der Waals surface area contributed by atoms with E-state index in [4.69, 9.17) is 0 Å². The number of aromatic carboxylic acids is 1. The molecule has 3 nitrogen and oxygen atoms in total. The van der Waals surface area contributed by atoms with Gasteiger partial charge in [-0.2, -0.15) is 11.8 Å². The highest BCUT2D eigenvalue weighted by Crippen LogP contribution is 2.43. The Hall–Kier alpha value is -0.550. The molecule has 0 radical (unpaired) electrons. The largest absolute Gasteiger partial charge is 0.477 e. The van der Waals surface area contributed by atoms with Crippen LogP contribution in [0.4, 0.5) is 0 Å². The number of carboxylic acid groups (broad SMARTS) is 1. The van der Waals surface area contributed by atoms with Gasteiger partial charge in [-0.25, -0.2) is 9.78 Å². The van der Waals surface area contributed by atoms with Crippen molar-refractivity contribution in [3.8, 4) is 0 Å². The summed E-state index contributed by atoms with van der Waals surface area (Å²) in [5, 5.41) is 11.0. The third kappa shape index (κ3) is 2.72. The van der Waals surface area contributed by atoms with Crippen molar-refractivity contribution in [3.05, 3.63) is 15.6 Å². The number of thioether (sulfide) groups is 1.